The Morgan fingerprint density at radius 1 is 0.929 bits per heavy atom. The van der Waals surface area contributed by atoms with Crippen molar-refractivity contribution < 1.29 is 8.78 Å². The summed E-state index contributed by atoms with van der Waals surface area (Å²) in [6.45, 7) is 0. The van der Waals surface area contributed by atoms with E-state index < -0.39 is 6.43 Å². The molecule has 0 spiro atoms. The number of benzene rings is 2. The van der Waals surface area contributed by atoms with Crippen LogP contribution in [0.15, 0.2) is 36.4 Å². The van der Waals surface area contributed by atoms with Gasteiger partial charge in [0, 0.05) is 10.6 Å². The molecule has 0 aliphatic rings. The van der Waals surface area contributed by atoms with Gasteiger partial charge in [-0.25, -0.2) is 0 Å². The minimum atomic E-state index is -1.66. The summed E-state index contributed by atoms with van der Waals surface area (Å²) in [7, 11) is 0. The van der Waals surface area contributed by atoms with Crippen molar-refractivity contribution in [3.8, 4) is 0 Å². The molecular weight excluding hydrogens is 206 g/mol. The van der Waals surface area contributed by atoms with Crippen LogP contribution in [0.25, 0.3) is 10.8 Å². The van der Waals surface area contributed by atoms with E-state index in [2.05, 4.69) is 0 Å². The maximum absolute atomic E-state index is 12.3. The minimum absolute atomic E-state index is 0.0418. The molecular formula is C11H6ClF2. The second kappa shape index (κ2) is 3.54. The first kappa shape index (κ1) is 9.41. The molecule has 0 aliphatic carbocycles. The Morgan fingerprint density at radius 2 is 1.57 bits per heavy atom. The van der Waals surface area contributed by atoms with Gasteiger partial charge in [-0.15, -0.1) is 0 Å². The second-order valence-electron chi connectivity index (χ2n) is 2.97. The summed E-state index contributed by atoms with van der Waals surface area (Å²) in [4.78, 5) is 0. The van der Waals surface area contributed by atoms with E-state index in [1.807, 2.05) is 0 Å². The van der Waals surface area contributed by atoms with Gasteiger partial charge in [0.05, 0.1) is 0 Å². The van der Waals surface area contributed by atoms with Gasteiger partial charge in [-0.3, -0.25) is 0 Å². The van der Waals surface area contributed by atoms with Crippen LogP contribution < -0.4 is 0 Å². The Hall–Kier alpha value is -1.15. The van der Waals surface area contributed by atoms with Crippen molar-refractivity contribution in [2.45, 2.75) is 0 Å². The summed E-state index contributed by atoms with van der Waals surface area (Å²) >= 11 is 5.77. The monoisotopic (exact) mass is 211 g/mol. The first-order valence-electron chi connectivity index (χ1n) is 4.04. The molecule has 3 heteroatoms. The van der Waals surface area contributed by atoms with Crippen LogP contribution in [0.4, 0.5) is 8.78 Å². The molecule has 0 unspecified atom stereocenters. The van der Waals surface area contributed by atoms with Crippen LogP contribution in [0, 0.1) is 6.43 Å². The van der Waals surface area contributed by atoms with E-state index >= 15 is 0 Å². The highest BCUT2D eigenvalue weighted by Gasteiger charge is 2.09. The van der Waals surface area contributed by atoms with Gasteiger partial charge in [-0.1, -0.05) is 29.8 Å². The quantitative estimate of drug-likeness (QED) is 0.661. The molecule has 0 nitrogen and oxygen atoms in total. The molecule has 0 saturated carbocycles. The smallest absolute Gasteiger partial charge is 0.194 e. The Balaban J connectivity index is 2.62. The van der Waals surface area contributed by atoms with E-state index in [0.29, 0.717) is 5.02 Å². The normalized spacial score (nSPS) is 11.1. The van der Waals surface area contributed by atoms with E-state index in [1.54, 1.807) is 24.3 Å². The van der Waals surface area contributed by atoms with Crippen molar-refractivity contribution >= 4 is 22.4 Å². The molecule has 0 heterocycles. The fourth-order valence-corrected chi connectivity index (χ4v) is 1.51. The molecule has 1 radical (unpaired) electrons. The average Bonchev–Trinajstić information content (AvgIpc) is 2.16. The fraction of sp³-hybridized carbons (Fsp3) is 0. The van der Waals surface area contributed by atoms with Gasteiger partial charge in [0.25, 0.3) is 0 Å². The fourth-order valence-electron chi connectivity index (χ4n) is 1.33. The number of hydrogen-bond acceptors (Lipinski definition) is 0. The molecule has 2 rings (SSSR count). The first-order chi connectivity index (χ1) is 6.66. The Labute approximate surface area is 85.1 Å². The maximum Gasteiger partial charge on any atom is 0.339 e. The summed E-state index contributed by atoms with van der Waals surface area (Å²) in [6, 6.07) is 9.62. The zero-order chi connectivity index (χ0) is 10.1. The molecule has 0 atom stereocenters. The second-order valence-corrected chi connectivity index (χ2v) is 3.40. The summed E-state index contributed by atoms with van der Waals surface area (Å²) in [5.74, 6) is 0. The third-order valence-corrected chi connectivity index (χ3v) is 2.26. The maximum atomic E-state index is 12.3. The molecule has 0 aliphatic heterocycles. The van der Waals surface area contributed by atoms with Crippen LogP contribution in [0.2, 0.25) is 5.02 Å². The van der Waals surface area contributed by atoms with Gasteiger partial charge in [0.2, 0.25) is 0 Å². The van der Waals surface area contributed by atoms with E-state index in [4.69, 9.17) is 11.6 Å². The number of hydrogen-bond donors (Lipinski definition) is 0. The van der Waals surface area contributed by atoms with Gasteiger partial charge in [0.15, 0.2) is 0 Å². The van der Waals surface area contributed by atoms with Crippen LogP contribution in [0.1, 0.15) is 5.56 Å². The lowest BCUT2D eigenvalue weighted by atomic mass is 10.1. The third kappa shape index (κ3) is 1.70. The van der Waals surface area contributed by atoms with Gasteiger partial charge in [-0.2, -0.15) is 8.78 Å². The lowest BCUT2D eigenvalue weighted by Crippen LogP contribution is -1.84. The van der Waals surface area contributed by atoms with E-state index in [9.17, 15) is 8.78 Å². The Morgan fingerprint density at radius 3 is 2.29 bits per heavy atom. The number of halogens is 3. The van der Waals surface area contributed by atoms with Crippen LogP contribution in [0.5, 0.6) is 0 Å². The van der Waals surface area contributed by atoms with Gasteiger partial charge < -0.3 is 0 Å². The molecule has 14 heavy (non-hydrogen) atoms. The van der Waals surface area contributed by atoms with Crippen LogP contribution in [-0.4, -0.2) is 0 Å². The standard InChI is InChI=1S/C11H6ClF2/c12-10-4-3-7-5-9(11(13)14)2-1-8(7)6-10/h1-6H. The lowest BCUT2D eigenvalue weighted by molar-refractivity contribution is 0.325. The van der Waals surface area contributed by atoms with Gasteiger partial charge >= 0.3 is 6.43 Å². The molecule has 0 amide bonds. The summed E-state index contributed by atoms with van der Waals surface area (Å²) in [5.41, 5.74) is -0.0418. The van der Waals surface area contributed by atoms with E-state index in [0.717, 1.165) is 10.8 Å². The summed E-state index contributed by atoms with van der Waals surface area (Å²) in [6.07, 6.45) is -1.66. The number of fused-ring (bicyclic) bond motifs is 1. The lowest BCUT2D eigenvalue weighted by Gasteiger charge is -2.01. The third-order valence-electron chi connectivity index (χ3n) is 2.02. The van der Waals surface area contributed by atoms with Crippen molar-refractivity contribution in [3.63, 3.8) is 0 Å². The predicted molar refractivity (Wildman–Crippen MR) is 53.5 cm³/mol. The van der Waals surface area contributed by atoms with E-state index in [-0.39, 0.29) is 5.56 Å². The first-order valence-corrected chi connectivity index (χ1v) is 4.42. The van der Waals surface area contributed by atoms with Crippen molar-refractivity contribution in [2.24, 2.45) is 0 Å². The average molecular weight is 212 g/mol. The van der Waals surface area contributed by atoms with Gasteiger partial charge in [-0.05, 0) is 29.0 Å². The largest absolute Gasteiger partial charge is 0.339 e. The van der Waals surface area contributed by atoms with Crippen LogP contribution >= 0.6 is 11.6 Å². The highest BCUT2D eigenvalue weighted by Crippen LogP contribution is 2.24. The van der Waals surface area contributed by atoms with E-state index in [1.165, 1.54) is 12.1 Å². The molecule has 2 aromatic rings. The molecule has 0 bridgehead atoms. The van der Waals surface area contributed by atoms with Crippen molar-refractivity contribution in [2.75, 3.05) is 0 Å². The highest BCUT2D eigenvalue weighted by atomic mass is 35.5. The Bertz CT molecular complexity index is 466. The van der Waals surface area contributed by atoms with Crippen molar-refractivity contribution in [3.05, 3.63) is 53.4 Å². The molecule has 2 aromatic carbocycles. The van der Waals surface area contributed by atoms with Crippen LogP contribution in [-0.2, 0) is 0 Å². The molecule has 0 fully saturated rings. The SMILES string of the molecule is F[C](F)c1ccc2cc(Cl)ccc2c1. The van der Waals surface area contributed by atoms with Crippen molar-refractivity contribution in [1.82, 2.24) is 0 Å². The molecule has 71 valence electrons. The molecule has 0 saturated heterocycles. The van der Waals surface area contributed by atoms with Crippen LogP contribution in [0.3, 0.4) is 0 Å². The zero-order valence-corrected chi connectivity index (χ0v) is 7.85. The zero-order valence-electron chi connectivity index (χ0n) is 7.10. The summed E-state index contributed by atoms with van der Waals surface area (Å²) < 4.78 is 24.5. The topological polar surface area (TPSA) is 0 Å². The summed E-state index contributed by atoms with van der Waals surface area (Å²) in [5, 5.41) is 2.23. The van der Waals surface area contributed by atoms with Gasteiger partial charge in [0.1, 0.15) is 0 Å². The minimum Gasteiger partial charge on any atom is -0.194 e. The molecule has 0 aromatic heterocycles. The number of rotatable bonds is 1. The highest BCUT2D eigenvalue weighted by molar-refractivity contribution is 6.31. The van der Waals surface area contributed by atoms with Crippen molar-refractivity contribution in [1.29, 1.82) is 0 Å². The Kier molecular flexibility index (Phi) is 2.38. The predicted octanol–water partition coefficient (Wildman–Crippen LogP) is 4.27. The molecule has 0 N–H and O–H groups in total.